The topological polar surface area (TPSA) is 82.2 Å². The highest BCUT2D eigenvalue weighted by Gasteiger charge is 2.23. The summed E-state index contributed by atoms with van der Waals surface area (Å²) in [6, 6.07) is 14.8. The Morgan fingerprint density at radius 1 is 1.03 bits per heavy atom. The van der Waals surface area contributed by atoms with Gasteiger partial charge >= 0.3 is 12.0 Å². The molecule has 1 aliphatic rings. The molecule has 0 aliphatic carbocycles. The highest BCUT2D eigenvalue weighted by atomic mass is 16.5. The molecular weight excluding hydrogens is 456 g/mol. The number of ether oxygens (including phenoxy) is 1. The number of likely N-dealkylation sites (tertiary alicyclic amines) is 1. The first-order valence-corrected chi connectivity index (χ1v) is 12.7. The van der Waals surface area contributed by atoms with Crippen molar-refractivity contribution in [3.05, 3.63) is 54.1 Å². The van der Waals surface area contributed by atoms with Gasteiger partial charge in [0.25, 0.3) is 0 Å². The number of hydrogen-bond donors (Lipinski definition) is 1. The van der Waals surface area contributed by atoms with Crippen molar-refractivity contribution >= 4 is 35.0 Å². The lowest BCUT2D eigenvalue weighted by molar-refractivity contribution is -0.151. The number of amides is 3. The number of nitrogens with zero attached hydrogens (tertiary/aromatic N) is 3. The van der Waals surface area contributed by atoms with Crippen molar-refractivity contribution in [2.24, 2.45) is 0 Å². The Kier molecular flexibility index (Phi) is 9.87. The highest BCUT2D eigenvalue weighted by Crippen LogP contribution is 2.22. The molecule has 8 nitrogen and oxygen atoms in total. The van der Waals surface area contributed by atoms with E-state index >= 15 is 0 Å². The molecule has 0 bridgehead atoms. The van der Waals surface area contributed by atoms with Crippen LogP contribution in [0.1, 0.15) is 45.1 Å². The first kappa shape index (κ1) is 27.2. The molecular formula is C28H38N4O4. The van der Waals surface area contributed by atoms with Gasteiger partial charge in [-0.3, -0.25) is 14.5 Å². The van der Waals surface area contributed by atoms with Crippen LogP contribution in [-0.4, -0.2) is 62.1 Å². The van der Waals surface area contributed by atoms with E-state index in [-0.39, 0.29) is 24.0 Å². The van der Waals surface area contributed by atoms with Gasteiger partial charge in [-0.25, -0.2) is 4.79 Å². The molecule has 2 aromatic rings. The van der Waals surface area contributed by atoms with E-state index in [4.69, 9.17) is 4.74 Å². The van der Waals surface area contributed by atoms with Crippen LogP contribution in [0.3, 0.4) is 0 Å². The fourth-order valence-electron chi connectivity index (χ4n) is 4.30. The standard InChI is InChI=1S/C28H38N4O4/c1-5-8-27(34)36-25-15-17-31(18-16-25)19-20-32(22(3)33)24-13-11-23(12-14-24)30(4)28(35)29-26-10-7-6-9-21(26)2/h6-7,9-14,25H,5,8,15-20H2,1-4H3,(H,29,35). The molecule has 194 valence electrons. The Hall–Kier alpha value is -3.39. The van der Waals surface area contributed by atoms with Gasteiger partial charge in [0, 0.05) is 63.6 Å². The van der Waals surface area contributed by atoms with E-state index in [2.05, 4.69) is 10.2 Å². The molecule has 0 aromatic heterocycles. The Labute approximate surface area is 214 Å². The molecule has 0 saturated carbocycles. The van der Waals surface area contributed by atoms with Crippen LogP contribution in [0.2, 0.25) is 0 Å². The number of hydrogen-bond acceptors (Lipinski definition) is 5. The summed E-state index contributed by atoms with van der Waals surface area (Å²) in [5, 5.41) is 2.93. The van der Waals surface area contributed by atoms with E-state index < -0.39 is 0 Å². The Morgan fingerprint density at radius 2 is 1.67 bits per heavy atom. The molecule has 0 radical (unpaired) electrons. The molecule has 3 amide bonds. The zero-order valence-corrected chi connectivity index (χ0v) is 21.8. The van der Waals surface area contributed by atoms with E-state index in [9.17, 15) is 14.4 Å². The number of para-hydroxylation sites is 1. The van der Waals surface area contributed by atoms with Crippen LogP contribution in [0.4, 0.5) is 21.9 Å². The average Bonchev–Trinajstić information content (AvgIpc) is 2.86. The number of nitrogens with one attached hydrogen (secondary N) is 1. The van der Waals surface area contributed by atoms with Crippen molar-refractivity contribution in [2.75, 3.05) is 48.3 Å². The highest BCUT2D eigenvalue weighted by molar-refractivity contribution is 6.02. The number of benzene rings is 2. The van der Waals surface area contributed by atoms with Gasteiger partial charge in [0.1, 0.15) is 6.10 Å². The van der Waals surface area contributed by atoms with Crippen molar-refractivity contribution in [1.29, 1.82) is 0 Å². The minimum absolute atomic E-state index is 0.00301. The van der Waals surface area contributed by atoms with Crippen LogP contribution in [-0.2, 0) is 14.3 Å². The number of aryl methyl sites for hydroxylation is 1. The smallest absolute Gasteiger partial charge is 0.326 e. The fourth-order valence-corrected chi connectivity index (χ4v) is 4.30. The predicted octanol–water partition coefficient (Wildman–Crippen LogP) is 4.82. The third-order valence-electron chi connectivity index (χ3n) is 6.55. The molecule has 1 aliphatic heterocycles. The van der Waals surface area contributed by atoms with Crippen LogP contribution in [0.5, 0.6) is 0 Å². The van der Waals surface area contributed by atoms with E-state index in [1.54, 1.807) is 23.8 Å². The van der Waals surface area contributed by atoms with Crippen LogP contribution in [0.15, 0.2) is 48.5 Å². The molecule has 1 fully saturated rings. The number of anilines is 3. The predicted molar refractivity (Wildman–Crippen MR) is 144 cm³/mol. The number of esters is 1. The normalized spacial score (nSPS) is 14.2. The zero-order valence-electron chi connectivity index (χ0n) is 21.8. The summed E-state index contributed by atoms with van der Waals surface area (Å²) in [4.78, 5) is 42.4. The maximum atomic E-state index is 12.7. The lowest BCUT2D eigenvalue weighted by Gasteiger charge is -2.33. The van der Waals surface area contributed by atoms with Crippen molar-refractivity contribution < 1.29 is 19.1 Å². The van der Waals surface area contributed by atoms with Crippen molar-refractivity contribution in [3.63, 3.8) is 0 Å². The average molecular weight is 495 g/mol. The number of urea groups is 1. The van der Waals surface area contributed by atoms with Gasteiger partial charge in [0.05, 0.1) is 0 Å². The Balaban J connectivity index is 1.53. The van der Waals surface area contributed by atoms with Crippen LogP contribution in [0.25, 0.3) is 0 Å². The first-order valence-electron chi connectivity index (χ1n) is 12.7. The summed E-state index contributed by atoms with van der Waals surface area (Å²) in [7, 11) is 1.72. The monoisotopic (exact) mass is 494 g/mol. The number of piperidine rings is 1. The maximum Gasteiger partial charge on any atom is 0.326 e. The molecule has 36 heavy (non-hydrogen) atoms. The van der Waals surface area contributed by atoms with Gasteiger partial charge in [-0.2, -0.15) is 0 Å². The molecule has 8 heteroatoms. The number of carbonyl (C=O) groups excluding carboxylic acids is 3. The van der Waals surface area contributed by atoms with E-state index in [1.807, 2.05) is 62.4 Å². The van der Waals surface area contributed by atoms with Gasteiger partial charge in [0.15, 0.2) is 0 Å². The summed E-state index contributed by atoms with van der Waals surface area (Å²) in [5.74, 6) is -0.141. The summed E-state index contributed by atoms with van der Waals surface area (Å²) in [5.41, 5.74) is 3.29. The molecule has 1 heterocycles. The van der Waals surface area contributed by atoms with E-state index in [0.29, 0.717) is 13.0 Å². The van der Waals surface area contributed by atoms with Crippen LogP contribution >= 0.6 is 0 Å². The van der Waals surface area contributed by atoms with Crippen molar-refractivity contribution in [1.82, 2.24) is 4.90 Å². The molecule has 0 atom stereocenters. The third-order valence-corrected chi connectivity index (χ3v) is 6.55. The van der Waals surface area contributed by atoms with Crippen LogP contribution < -0.4 is 15.1 Å². The molecule has 1 saturated heterocycles. The second kappa shape index (κ2) is 13.1. The third kappa shape index (κ3) is 7.55. The molecule has 3 rings (SSSR count). The number of carbonyl (C=O) groups is 3. The SMILES string of the molecule is CCCC(=O)OC1CCN(CCN(C(C)=O)c2ccc(N(C)C(=O)Nc3ccccc3C)cc2)CC1. The lowest BCUT2D eigenvalue weighted by Crippen LogP contribution is -2.43. The largest absolute Gasteiger partial charge is 0.462 e. The summed E-state index contributed by atoms with van der Waals surface area (Å²) >= 11 is 0. The van der Waals surface area contributed by atoms with Crippen molar-refractivity contribution in [3.8, 4) is 0 Å². The van der Waals surface area contributed by atoms with Crippen LogP contribution in [0, 0.1) is 6.92 Å². The second-order valence-electron chi connectivity index (χ2n) is 9.27. The van der Waals surface area contributed by atoms with Gasteiger partial charge in [0.2, 0.25) is 5.91 Å². The molecule has 1 N–H and O–H groups in total. The van der Waals surface area contributed by atoms with E-state index in [1.165, 1.54) is 0 Å². The lowest BCUT2D eigenvalue weighted by atomic mass is 10.1. The summed E-state index contributed by atoms with van der Waals surface area (Å²) in [6.07, 6.45) is 2.91. The van der Waals surface area contributed by atoms with E-state index in [0.717, 1.165) is 61.5 Å². The summed E-state index contributed by atoms with van der Waals surface area (Å²) in [6.45, 7) is 8.49. The maximum absolute atomic E-state index is 12.7. The molecule has 2 aromatic carbocycles. The van der Waals surface area contributed by atoms with Gasteiger partial charge in [-0.05, 0) is 62.1 Å². The Morgan fingerprint density at radius 3 is 2.28 bits per heavy atom. The number of rotatable bonds is 9. The first-order chi connectivity index (χ1) is 17.3. The quantitative estimate of drug-likeness (QED) is 0.505. The fraction of sp³-hybridized carbons (Fsp3) is 0.464. The van der Waals surface area contributed by atoms with Crippen molar-refractivity contribution in [2.45, 2.75) is 52.6 Å². The Bertz CT molecular complexity index is 1030. The molecule has 0 spiro atoms. The van der Waals surface area contributed by atoms with Gasteiger partial charge in [-0.15, -0.1) is 0 Å². The summed E-state index contributed by atoms with van der Waals surface area (Å²) < 4.78 is 5.54. The second-order valence-corrected chi connectivity index (χ2v) is 9.27. The minimum Gasteiger partial charge on any atom is -0.462 e. The molecule has 0 unspecified atom stereocenters. The van der Waals surface area contributed by atoms with Gasteiger partial charge in [-0.1, -0.05) is 25.1 Å². The van der Waals surface area contributed by atoms with Gasteiger partial charge < -0.3 is 19.9 Å². The zero-order chi connectivity index (χ0) is 26.1. The minimum atomic E-state index is -0.232.